The highest BCUT2D eigenvalue weighted by molar-refractivity contribution is 9.10. The molecule has 0 aliphatic heterocycles. The van der Waals surface area contributed by atoms with Crippen molar-refractivity contribution >= 4 is 32.4 Å². The normalized spacial score (nSPS) is 10.8. The third kappa shape index (κ3) is 3.81. The maximum Gasteiger partial charge on any atom is 0.185 e. The minimum atomic E-state index is 0.870. The third-order valence-electron chi connectivity index (χ3n) is 3.07. The van der Waals surface area contributed by atoms with Crippen LogP contribution in [0.3, 0.4) is 0 Å². The van der Waals surface area contributed by atoms with Crippen molar-refractivity contribution < 1.29 is 0 Å². The van der Waals surface area contributed by atoms with E-state index in [0.717, 1.165) is 29.1 Å². The van der Waals surface area contributed by atoms with Crippen LogP contribution < -0.4 is 10.2 Å². The Hall–Kier alpha value is -0.910. The molecular formula is C15H20BrN3S. The van der Waals surface area contributed by atoms with E-state index in [1.807, 2.05) is 13.1 Å². The molecule has 0 radical (unpaired) electrons. The van der Waals surface area contributed by atoms with Crippen LogP contribution in [0, 0.1) is 0 Å². The van der Waals surface area contributed by atoms with Crippen LogP contribution in [0.5, 0.6) is 0 Å². The fourth-order valence-corrected chi connectivity index (χ4v) is 3.65. The van der Waals surface area contributed by atoms with Gasteiger partial charge < -0.3 is 10.2 Å². The minimum absolute atomic E-state index is 0.870. The lowest BCUT2D eigenvalue weighted by Crippen LogP contribution is -2.16. The number of benzene rings is 1. The molecular weight excluding hydrogens is 334 g/mol. The Morgan fingerprint density at radius 1 is 1.40 bits per heavy atom. The number of aryl methyl sites for hydroxylation is 1. The number of hydrogen-bond donors (Lipinski definition) is 1. The molecule has 0 saturated heterocycles. The zero-order valence-corrected chi connectivity index (χ0v) is 14.5. The summed E-state index contributed by atoms with van der Waals surface area (Å²) in [5.74, 6) is 0. The van der Waals surface area contributed by atoms with Gasteiger partial charge in [0.15, 0.2) is 5.13 Å². The lowest BCUT2D eigenvalue weighted by atomic mass is 10.2. The van der Waals surface area contributed by atoms with E-state index in [0.29, 0.717) is 0 Å². The number of anilines is 1. The van der Waals surface area contributed by atoms with Crippen molar-refractivity contribution in [2.45, 2.75) is 26.4 Å². The fraction of sp³-hybridized carbons (Fsp3) is 0.400. The molecule has 3 nitrogen and oxygen atoms in total. The molecule has 5 heteroatoms. The molecule has 1 heterocycles. The van der Waals surface area contributed by atoms with E-state index < -0.39 is 0 Å². The molecule has 0 aliphatic carbocycles. The molecule has 1 N–H and O–H groups in total. The highest BCUT2D eigenvalue weighted by Crippen LogP contribution is 2.27. The Bertz CT molecular complexity index is 568. The number of nitrogens with one attached hydrogen (secondary N) is 1. The summed E-state index contributed by atoms with van der Waals surface area (Å²) in [5.41, 5.74) is 2.49. The summed E-state index contributed by atoms with van der Waals surface area (Å²) in [6.07, 6.45) is 0.984. The molecule has 108 valence electrons. The molecule has 2 aromatic rings. The average molecular weight is 354 g/mol. The van der Waals surface area contributed by atoms with Crippen molar-refractivity contribution in [2.24, 2.45) is 0 Å². The molecule has 1 aromatic carbocycles. The van der Waals surface area contributed by atoms with Crippen LogP contribution in [-0.4, -0.2) is 19.1 Å². The summed E-state index contributed by atoms with van der Waals surface area (Å²) in [6, 6.07) is 8.41. The second-order valence-electron chi connectivity index (χ2n) is 4.74. The standard InChI is InChI=1S/C15H20BrN3S/c1-4-13-14(9-17-2)20-15(18-13)19(3)10-11-6-5-7-12(16)8-11/h5-8,17H,4,9-10H2,1-3H3. The second-order valence-corrected chi connectivity index (χ2v) is 6.71. The van der Waals surface area contributed by atoms with Crippen molar-refractivity contribution in [1.29, 1.82) is 0 Å². The number of rotatable bonds is 6. The number of thiazole rings is 1. The van der Waals surface area contributed by atoms with Crippen LogP contribution in [0.2, 0.25) is 0 Å². The Labute approximate surface area is 133 Å². The number of hydrogen-bond acceptors (Lipinski definition) is 4. The summed E-state index contributed by atoms with van der Waals surface area (Å²) in [7, 11) is 4.08. The number of halogens is 1. The molecule has 0 bridgehead atoms. The molecule has 0 unspecified atom stereocenters. The highest BCUT2D eigenvalue weighted by atomic mass is 79.9. The molecule has 0 spiro atoms. The molecule has 0 aliphatic rings. The van der Waals surface area contributed by atoms with Gasteiger partial charge in [0.2, 0.25) is 0 Å². The van der Waals surface area contributed by atoms with Gasteiger partial charge in [0.25, 0.3) is 0 Å². The minimum Gasteiger partial charge on any atom is -0.347 e. The summed E-state index contributed by atoms with van der Waals surface area (Å²) in [6.45, 7) is 3.92. The van der Waals surface area contributed by atoms with Crippen LogP contribution in [-0.2, 0) is 19.5 Å². The maximum atomic E-state index is 4.76. The van der Waals surface area contributed by atoms with Crippen LogP contribution in [0.1, 0.15) is 23.1 Å². The zero-order valence-electron chi connectivity index (χ0n) is 12.1. The smallest absolute Gasteiger partial charge is 0.185 e. The molecule has 2 rings (SSSR count). The highest BCUT2D eigenvalue weighted by Gasteiger charge is 2.12. The first-order chi connectivity index (χ1) is 9.63. The molecule has 0 fully saturated rings. The predicted octanol–water partition coefficient (Wildman–Crippen LogP) is 3.82. The van der Waals surface area contributed by atoms with E-state index in [1.54, 1.807) is 11.3 Å². The maximum absolute atomic E-state index is 4.76. The lowest BCUT2D eigenvalue weighted by molar-refractivity contribution is 0.813. The zero-order chi connectivity index (χ0) is 14.5. The molecule has 0 saturated carbocycles. The summed E-state index contributed by atoms with van der Waals surface area (Å²) in [4.78, 5) is 8.31. The van der Waals surface area contributed by atoms with Crippen LogP contribution >= 0.6 is 27.3 Å². The first-order valence-corrected chi connectivity index (χ1v) is 8.33. The van der Waals surface area contributed by atoms with Gasteiger partial charge in [-0.25, -0.2) is 4.98 Å². The van der Waals surface area contributed by atoms with Crippen LogP contribution in [0.15, 0.2) is 28.7 Å². The van der Waals surface area contributed by atoms with Crippen LogP contribution in [0.25, 0.3) is 0 Å². The first-order valence-electron chi connectivity index (χ1n) is 6.72. The Morgan fingerprint density at radius 3 is 2.85 bits per heavy atom. The van der Waals surface area contributed by atoms with Gasteiger partial charge in [-0.1, -0.05) is 35.0 Å². The van der Waals surface area contributed by atoms with Gasteiger partial charge in [0.05, 0.1) is 5.69 Å². The predicted molar refractivity (Wildman–Crippen MR) is 90.5 cm³/mol. The summed E-state index contributed by atoms with van der Waals surface area (Å²) >= 11 is 5.30. The summed E-state index contributed by atoms with van der Waals surface area (Å²) < 4.78 is 1.12. The monoisotopic (exact) mass is 353 g/mol. The number of nitrogens with zero attached hydrogens (tertiary/aromatic N) is 2. The second kappa shape index (κ2) is 7.20. The first kappa shape index (κ1) is 15.5. The molecule has 0 atom stereocenters. The van der Waals surface area contributed by atoms with Crippen molar-refractivity contribution in [3.8, 4) is 0 Å². The van der Waals surface area contributed by atoms with E-state index in [2.05, 4.69) is 58.3 Å². The Morgan fingerprint density at radius 2 is 2.20 bits per heavy atom. The van der Waals surface area contributed by atoms with Crippen LogP contribution in [0.4, 0.5) is 5.13 Å². The number of aromatic nitrogens is 1. The summed E-state index contributed by atoms with van der Waals surface area (Å²) in [5, 5.41) is 4.30. The topological polar surface area (TPSA) is 28.2 Å². The van der Waals surface area contributed by atoms with E-state index in [1.165, 1.54) is 16.1 Å². The Kier molecular flexibility index (Phi) is 5.57. The quantitative estimate of drug-likeness (QED) is 0.855. The molecule has 0 amide bonds. The van der Waals surface area contributed by atoms with Gasteiger partial charge in [0, 0.05) is 29.5 Å². The van der Waals surface area contributed by atoms with Gasteiger partial charge in [-0.05, 0) is 31.2 Å². The van der Waals surface area contributed by atoms with Gasteiger partial charge in [-0.3, -0.25) is 0 Å². The SMILES string of the molecule is CCc1nc(N(C)Cc2cccc(Br)c2)sc1CNC. The average Bonchev–Trinajstić information content (AvgIpc) is 2.82. The third-order valence-corrected chi connectivity index (χ3v) is 4.78. The lowest BCUT2D eigenvalue weighted by Gasteiger charge is -2.15. The van der Waals surface area contributed by atoms with Crippen molar-refractivity contribution in [3.05, 3.63) is 44.9 Å². The van der Waals surface area contributed by atoms with Crippen molar-refractivity contribution in [1.82, 2.24) is 10.3 Å². The van der Waals surface area contributed by atoms with E-state index in [-0.39, 0.29) is 0 Å². The van der Waals surface area contributed by atoms with Crippen molar-refractivity contribution in [3.63, 3.8) is 0 Å². The largest absolute Gasteiger partial charge is 0.347 e. The fourth-order valence-electron chi connectivity index (χ4n) is 2.08. The Balaban J connectivity index is 2.14. The van der Waals surface area contributed by atoms with Gasteiger partial charge in [0.1, 0.15) is 0 Å². The molecule has 20 heavy (non-hydrogen) atoms. The van der Waals surface area contributed by atoms with E-state index in [4.69, 9.17) is 4.98 Å². The van der Waals surface area contributed by atoms with Crippen molar-refractivity contribution in [2.75, 3.05) is 19.0 Å². The van der Waals surface area contributed by atoms with E-state index in [9.17, 15) is 0 Å². The molecule has 1 aromatic heterocycles. The van der Waals surface area contributed by atoms with Gasteiger partial charge in [-0.15, -0.1) is 11.3 Å². The van der Waals surface area contributed by atoms with E-state index >= 15 is 0 Å². The van der Waals surface area contributed by atoms with Gasteiger partial charge in [-0.2, -0.15) is 0 Å². The van der Waals surface area contributed by atoms with Gasteiger partial charge >= 0.3 is 0 Å².